The molecular formula is C15H23ClN2S. The molecule has 1 aliphatic heterocycles. The molecular weight excluding hydrogens is 276 g/mol. The third-order valence-electron chi connectivity index (χ3n) is 3.93. The van der Waals surface area contributed by atoms with Gasteiger partial charge in [0.05, 0.1) is 0 Å². The van der Waals surface area contributed by atoms with Crippen molar-refractivity contribution in [1.82, 2.24) is 10.2 Å². The summed E-state index contributed by atoms with van der Waals surface area (Å²) in [5, 5.41) is 4.37. The van der Waals surface area contributed by atoms with Gasteiger partial charge in [0.25, 0.3) is 0 Å². The standard InChI is InChI=1S/C15H23ClN2S/c1-11-4-5-12(13(16)8-11)9-14(17-2)15-10-19-7-6-18(15)3/h4-5,8,14-15,17H,6-7,9-10H2,1-3H3. The second-order valence-corrected chi connectivity index (χ2v) is 6.87. The molecule has 1 aliphatic rings. The van der Waals surface area contributed by atoms with Gasteiger partial charge in [-0.2, -0.15) is 11.8 Å². The molecule has 1 fully saturated rings. The van der Waals surface area contributed by atoms with E-state index in [2.05, 4.69) is 61.2 Å². The number of halogens is 1. The van der Waals surface area contributed by atoms with Crippen LogP contribution in [0.4, 0.5) is 0 Å². The summed E-state index contributed by atoms with van der Waals surface area (Å²) < 4.78 is 0. The minimum atomic E-state index is 0.456. The molecule has 0 radical (unpaired) electrons. The average Bonchev–Trinajstić information content (AvgIpc) is 2.39. The van der Waals surface area contributed by atoms with Gasteiger partial charge in [-0.3, -0.25) is 0 Å². The van der Waals surface area contributed by atoms with Crippen LogP contribution in [0, 0.1) is 6.92 Å². The van der Waals surface area contributed by atoms with Crippen molar-refractivity contribution in [3.05, 3.63) is 34.3 Å². The van der Waals surface area contributed by atoms with Crippen molar-refractivity contribution >= 4 is 23.4 Å². The zero-order chi connectivity index (χ0) is 13.8. The predicted molar refractivity (Wildman–Crippen MR) is 86.5 cm³/mol. The molecule has 2 atom stereocenters. The van der Waals surface area contributed by atoms with Crippen molar-refractivity contribution in [3.63, 3.8) is 0 Å². The number of nitrogens with zero attached hydrogens (tertiary/aromatic N) is 1. The molecule has 2 nitrogen and oxygen atoms in total. The normalized spacial score (nSPS) is 22.4. The lowest BCUT2D eigenvalue weighted by atomic mass is 9.98. The molecule has 2 rings (SSSR count). The number of aryl methyl sites for hydroxylation is 1. The monoisotopic (exact) mass is 298 g/mol. The van der Waals surface area contributed by atoms with Crippen molar-refractivity contribution in [2.75, 3.05) is 32.1 Å². The van der Waals surface area contributed by atoms with Gasteiger partial charge in [0.1, 0.15) is 0 Å². The van der Waals surface area contributed by atoms with Gasteiger partial charge in [-0.25, -0.2) is 0 Å². The average molecular weight is 299 g/mol. The lowest BCUT2D eigenvalue weighted by Crippen LogP contribution is -2.52. The lowest BCUT2D eigenvalue weighted by Gasteiger charge is -2.37. The van der Waals surface area contributed by atoms with E-state index in [1.54, 1.807) is 0 Å². The Morgan fingerprint density at radius 3 is 2.95 bits per heavy atom. The van der Waals surface area contributed by atoms with Crippen LogP contribution in [0.3, 0.4) is 0 Å². The van der Waals surface area contributed by atoms with Gasteiger partial charge < -0.3 is 10.2 Å². The van der Waals surface area contributed by atoms with E-state index in [0.717, 1.165) is 11.4 Å². The first-order valence-corrected chi connectivity index (χ1v) is 8.35. The maximum atomic E-state index is 6.36. The highest BCUT2D eigenvalue weighted by molar-refractivity contribution is 7.99. The van der Waals surface area contributed by atoms with Crippen molar-refractivity contribution < 1.29 is 0 Å². The van der Waals surface area contributed by atoms with Crippen molar-refractivity contribution in [3.8, 4) is 0 Å². The first kappa shape index (κ1) is 15.2. The van der Waals surface area contributed by atoms with Crippen LogP contribution in [0.2, 0.25) is 5.02 Å². The Morgan fingerprint density at radius 2 is 2.32 bits per heavy atom. The second-order valence-electron chi connectivity index (χ2n) is 5.32. The van der Waals surface area contributed by atoms with E-state index in [4.69, 9.17) is 11.6 Å². The Balaban J connectivity index is 2.09. The van der Waals surface area contributed by atoms with E-state index >= 15 is 0 Å². The number of hydrogen-bond donors (Lipinski definition) is 1. The Morgan fingerprint density at radius 1 is 1.53 bits per heavy atom. The molecule has 1 aromatic carbocycles. The fraction of sp³-hybridized carbons (Fsp3) is 0.600. The number of thioether (sulfide) groups is 1. The van der Waals surface area contributed by atoms with Crippen LogP contribution in [0.5, 0.6) is 0 Å². The SMILES string of the molecule is CNC(Cc1ccc(C)cc1Cl)C1CSCCN1C. The molecule has 1 saturated heterocycles. The minimum absolute atomic E-state index is 0.456. The Labute approximate surface area is 125 Å². The van der Waals surface area contributed by atoms with Crippen LogP contribution in [0.1, 0.15) is 11.1 Å². The molecule has 106 valence electrons. The molecule has 0 bridgehead atoms. The summed E-state index contributed by atoms with van der Waals surface area (Å²) in [4.78, 5) is 2.47. The van der Waals surface area contributed by atoms with E-state index in [0.29, 0.717) is 12.1 Å². The number of benzene rings is 1. The van der Waals surface area contributed by atoms with Crippen LogP contribution in [0.25, 0.3) is 0 Å². The highest BCUT2D eigenvalue weighted by Crippen LogP contribution is 2.23. The fourth-order valence-corrected chi connectivity index (χ4v) is 4.24. The summed E-state index contributed by atoms with van der Waals surface area (Å²) >= 11 is 8.41. The van der Waals surface area contributed by atoms with Gasteiger partial charge in [-0.15, -0.1) is 0 Å². The van der Waals surface area contributed by atoms with Crippen molar-refractivity contribution in [2.45, 2.75) is 25.4 Å². The summed E-state index contributed by atoms with van der Waals surface area (Å²) in [6.07, 6.45) is 0.991. The Kier molecular flexibility index (Phi) is 5.58. The number of rotatable bonds is 4. The van der Waals surface area contributed by atoms with Crippen LogP contribution in [-0.4, -0.2) is 49.1 Å². The molecule has 0 aliphatic carbocycles. The first-order valence-electron chi connectivity index (χ1n) is 6.82. The van der Waals surface area contributed by atoms with Crippen LogP contribution in [0.15, 0.2) is 18.2 Å². The van der Waals surface area contributed by atoms with Gasteiger partial charge in [-0.1, -0.05) is 23.7 Å². The Bertz CT molecular complexity index is 425. The van der Waals surface area contributed by atoms with Crippen molar-refractivity contribution in [2.24, 2.45) is 0 Å². The van der Waals surface area contributed by atoms with Crippen LogP contribution >= 0.6 is 23.4 Å². The summed E-state index contributed by atoms with van der Waals surface area (Å²) in [6, 6.07) is 7.41. The molecule has 1 heterocycles. The van der Waals surface area contributed by atoms with Crippen LogP contribution < -0.4 is 5.32 Å². The van der Waals surface area contributed by atoms with E-state index in [-0.39, 0.29) is 0 Å². The maximum absolute atomic E-state index is 6.36. The predicted octanol–water partition coefficient (Wildman–Crippen LogP) is 2.83. The summed E-state index contributed by atoms with van der Waals surface area (Å²) in [7, 11) is 4.28. The second kappa shape index (κ2) is 6.98. The van der Waals surface area contributed by atoms with E-state index in [1.165, 1.54) is 29.2 Å². The third-order valence-corrected chi connectivity index (χ3v) is 5.33. The van der Waals surface area contributed by atoms with Gasteiger partial charge in [-0.05, 0) is 44.6 Å². The smallest absolute Gasteiger partial charge is 0.0441 e. The molecule has 2 unspecified atom stereocenters. The molecule has 1 aromatic rings. The van der Waals surface area contributed by atoms with E-state index in [9.17, 15) is 0 Å². The van der Waals surface area contributed by atoms with Gasteiger partial charge in [0.15, 0.2) is 0 Å². The maximum Gasteiger partial charge on any atom is 0.0441 e. The fourth-order valence-electron chi connectivity index (χ4n) is 2.61. The largest absolute Gasteiger partial charge is 0.315 e. The van der Waals surface area contributed by atoms with Gasteiger partial charge in [0.2, 0.25) is 0 Å². The summed E-state index contributed by atoms with van der Waals surface area (Å²) in [5.41, 5.74) is 2.47. The highest BCUT2D eigenvalue weighted by atomic mass is 35.5. The molecule has 0 aromatic heterocycles. The van der Waals surface area contributed by atoms with Crippen molar-refractivity contribution in [1.29, 1.82) is 0 Å². The zero-order valence-corrected chi connectivity index (χ0v) is 13.5. The van der Waals surface area contributed by atoms with Crippen LogP contribution in [-0.2, 0) is 6.42 Å². The topological polar surface area (TPSA) is 15.3 Å². The summed E-state index contributed by atoms with van der Waals surface area (Å²) in [6.45, 7) is 3.26. The third kappa shape index (κ3) is 3.88. The zero-order valence-electron chi connectivity index (χ0n) is 11.9. The molecule has 19 heavy (non-hydrogen) atoms. The lowest BCUT2D eigenvalue weighted by molar-refractivity contribution is 0.219. The molecule has 0 saturated carbocycles. The minimum Gasteiger partial charge on any atom is -0.315 e. The van der Waals surface area contributed by atoms with E-state index in [1.807, 2.05) is 0 Å². The number of likely N-dealkylation sites (N-methyl/N-ethyl adjacent to an activating group) is 2. The van der Waals surface area contributed by atoms with E-state index < -0.39 is 0 Å². The quantitative estimate of drug-likeness (QED) is 0.920. The molecule has 0 amide bonds. The number of nitrogens with one attached hydrogen (secondary N) is 1. The highest BCUT2D eigenvalue weighted by Gasteiger charge is 2.27. The first-order chi connectivity index (χ1) is 9.11. The van der Waals surface area contributed by atoms with Gasteiger partial charge in [0, 0.05) is 35.2 Å². The summed E-state index contributed by atoms with van der Waals surface area (Å²) in [5.74, 6) is 2.44. The Hall–Kier alpha value is -0.220. The van der Waals surface area contributed by atoms with Gasteiger partial charge >= 0.3 is 0 Å². The molecule has 0 spiro atoms. The number of hydrogen-bond acceptors (Lipinski definition) is 3. The molecule has 1 N–H and O–H groups in total. The molecule has 4 heteroatoms.